The van der Waals surface area contributed by atoms with Crippen LogP contribution in [0.4, 0.5) is 0 Å². The molecule has 2 rings (SSSR count). The van der Waals surface area contributed by atoms with Crippen molar-refractivity contribution in [2.75, 3.05) is 13.2 Å². The second-order valence-corrected chi connectivity index (χ2v) is 5.51. The van der Waals surface area contributed by atoms with Crippen LogP contribution in [0.5, 0.6) is 0 Å². The lowest BCUT2D eigenvalue weighted by atomic mass is 9.98. The highest BCUT2D eigenvalue weighted by Gasteiger charge is 2.48. The van der Waals surface area contributed by atoms with Crippen LogP contribution in [0, 0.1) is 0 Å². The van der Waals surface area contributed by atoms with Crippen LogP contribution in [0.15, 0.2) is 30.3 Å². The van der Waals surface area contributed by atoms with Gasteiger partial charge in [0.25, 0.3) is 0 Å². The van der Waals surface area contributed by atoms with Crippen molar-refractivity contribution in [1.82, 2.24) is 0 Å². The highest BCUT2D eigenvalue weighted by Crippen LogP contribution is 2.27. The van der Waals surface area contributed by atoms with E-state index in [1.807, 2.05) is 30.3 Å². The lowest BCUT2D eigenvalue weighted by Crippen LogP contribution is -2.61. The van der Waals surface area contributed by atoms with E-state index in [1.165, 1.54) is 6.92 Å². The summed E-state index contributed by atoms with van der Waals surface area (Å²) in [6.07, 6.45) is -4.75. The van der Waals surface area contributed by atoms with Crippen LogP contribution >= 0.6 is 0 Å². The minimum atomic E-state index is -1.15. The van der Waals surface area contributed by atoms with Crippen LogP contribution in [-0.4, -0.2) is 60.1 Å². The van der Waals surface area contributed by atoms with Gasteiger partial charge in [-0.2, -0.15) is 0 Å². The molecule has 7 nitrogen and oxygen atoms in total. The van der Waals surface area contributed by atoms with Crippen molar-refractivity contribution in [2.45, 2.75) is 51.2 Å². The summed E-state index contributed by atoms with van der Waals surface area (Å²) in [6.45, 7) is 3.18. The Morgan fingerprint density at radius 3 is 2.50 bits per heavy atom. The highest BCUT2D eigenvalue weighted by molar-refractivity contribution is 5.66. The van der Waals surface area contributed by atoms with Gasteiger partial charge in [0, 0.05) is 13.5 Å². The molecular weight excluding hydrogens is 316 g/mol. The molecular formula is C17H24O7. The zero-order valence-electron chi connectivity index (χ0n) is 13.8. The molecule has 7 heteroatoms. The number of aliphatic hydroxyl groups is 2. The molecule has 24 heavy (non-hydrogen) atoms. The summed E-state index contributed by atoms with van der Waals surface area (Å²) < 4.78 is 22.0. The summed E-state index contributed by atoms with van der Waals surface area (Å²) in [7, 11) is 0. The molecule has 1 aromatic rings. The molecule has 0 bridgehead atoms. The molecule has 1 aliphatic heterocycles. The maximum absolute atomic E-state index is 11.4. The van der Waals surface area contributed by atoms with Crippen molar-refractivity contribution in [3.8, 4) is 0 Å². The molecule has 134 valence electrons. The Kier molecular flexibility index (Phi) is 7.14. The van der Waals surface area contributed by atoms with Crippen molar-refractivity contribution in [2.24, 2.45) is 0 Å². The molecule has 0 spiro atoms. The van der Waals surface area contributed by atoms with Crippen molar-refractivity contribution in [3.05, 3.63) is 35.9 Å². The Hall–Kier alpha value is -1.51. The van der Waals surface area contributed by atoms with E-state index in [1.54, 1.807) is 6.92 Å². The first-order valence-electron chi connectivity index (χ1n) is 7.95. The number of aliphatic hydroxyl groups excluding tert-OH is 2. The lowest BCUT2D eigenvalue weighted by molar-refractivity contribution is -0.310. The van der Waals surface area contributed by atoms with Gasteiger partial charge >= 0.3 is 5.97 Å². The molecule has 1 saturated heterocycles. The molecule has 0 aliphatic carbocycles. The maximum atomic E-state index is 11.4. The maximum Gasteiger partial charge on any atom is 0.303 e. The smallest absolute Gasteiger partial charge is 0.303 e. The number of ether oxygens (including phenoxy) is 4. The molecule has 2 N–H and O–H groups in total. The molecule has 1 aliphatic rings. The van der Waals surface area contributed by atoms with E-state index in [4.69, 9.17) is 18.9 Å². The molecule has 1 aromatic carbocycles. The fraction of sp³-hybridized carbons (Fsp3) is 0.588. The Bertz CT molecular complexity index is 507. The van der Waals surface area contributed by atoms with Crippen LogP contribution in [0.1, 0.15) is 19.4 Å². The molecule has 0 saturated carbocycles. The first-order chi connectivity index (χ1) is 11.6. The second-order valence-electron chi connectivity index (χ2n) is 5.51. The zero-order chi connectivity index (χ0) is 17.5. The topological polar surface area (TPSA) is 94.5 Å². The standard InChI is InChI=1S/C17H24O7/c1-3-21-17-16(23-11(2)19)15(14(20)13(9-18)24-17)22-10-12-7-5-4-6-8-12/h4-8,13-18,20H,3,9-10H2,1-2H3/t13-,14-,15+,16+,17-/m1/s1. The monoisotopic (exact) mass is 340 g/mol. The predicted molar refractivity (Wildman–Crippen MR) is 84.0 cm³/mol. The van der Waals surface area contributed by atoms with E-state index >= 15 is 0 Å². The minimum absolute atomic E-state index is 0.220. The average molecular weight is 340 g/mol. The quantitative estimate of drug-likeness (QED) is 0.703. The van der Waals surface area contributed by atoms with E-state index < -0.39 is 43.3 Å². The van der Waals surface area contributed by atoms with Crippen molar-refractivity contribution in [3.63, 3.8) is 0 Å². The first-order valence-corrected chi connectivity index (χ1v) is 7.95. The van der Waals surface area contributed by atoms with Gasteiger partial charge in [-0.1, -0.05) is 30.3 Å². The predicted octanol–water partition coefficient (Wildman–Crippen LogP) is 0.618. The Balaban J connectivity index is 2.16. The van der Waals surface area contributed by atoms with Gasteiger partial charge in [-0.25, -0.2) is 0 Å². The van der Waals surface area contributed by atoms with Gasteiger partial charge in [0.1, 0.15) is 18.3 Å². The average Bonchev–Trinajstić information content (AvgIpc) is 2.57. The number of hydrogen-bond donors (Lipinski definition) is 2. The third-order valence-corrected chi connectivity index (χ3v) is 3.72. The largest absolute Gasteiger partial charge is 0.454 e. The fourth-order valence-corrected chi connectivity index (χ4v) is 2.61. The third kappa shape index (κ3) is 4.75. The zero-order valence-corrected chi connectivity index (χ0v) is 13.8. The third-order valence-electron chi connectivity index (χ3n) is 3.72. The van der Waals surface area contributed by atoms with Crippen molar-refractivity contribution >= 4 is 5.97 Å². The van der Waals surface area contributed by atoms with Crippen molar-refractivity contribution in [1.29, 1.82) is 0 Å². The summed E-state index contributed by atoms with van der Waals surface area (Å²) in [5.74, 6) is -0.531. The molecule has 5 atom stereocenters. The number of esters is 1. The number of hydrogen-bond acceptors (Lipinski definition) is 7. The fourth-order valence-electron chi connectivity index (χ4n) is 2.61. The Labute approximate surface area is 141 Å². The minimum Gasteiger partial charge on any atom is -0.454 e. The normalized spacial score (nSPS) is 30.1. The van der Waals surface area contributed by atoms with E-state index in [2.05, 4.69) is 0 Å². The molecule has 0 aromatic heterocycles. The van der Waals surface area contributed by atoms with Gasteiger partial charge in [-0.15, -0.1) is 0 Å². The van der Waals surface area contributed by atoms with E-state index in [-0.39, 0.29) is 6.61 Å². The molecule has 0 radical (unpaired) electrons. The summed E-state index contributed by atoms with van der Waals surface area (Å²) in [4.78, 5) is 11.4. The van der Waals surface area contributed by atoms with Gasteiger partial charge in [0.15, 0.2) is 12.4 Å². The Morgan fingerprint density at radius 1 is 1.21 bits per heavy atom. The molecule has 0 amide bonds. The number of rotatable bonds is 7. The number of carbonyl (C=O) groups is 1. The van der Waals surface area contributed by atoms with Crippen LogP contribution < -0.4 is 0 Å². The van der Waals surface area contributed by atoms with E-state index in [0.29, 0.717) is 6.61 Å². The van der Waals surface area contributed by atoms with Gasteiger partial charge < -0.3 is 29.2 Å². The first kappa shape index (κ1) is 18.8. The lowest BCUT2D eigenvalue weighted by Gasteiger charge is -2.43. The van der Waals surface area contributed by atoms with Gasteiger partial charge in [-0.3, -0.25) is 4.79 Å². The van der Waals surface area contributed by atoms with Crippen LogP contribution in [0.25, 0.3) is 0 Å². The number of carbonyl (C=O) groups excluding carboxylic acids is 1. The second kappa shape index (κ2) is 9.10. The van der Waals surface area contributed by atoms with Crippen LogP contribution in [0.3, 0.4) is 0 Å². The van der Waals surface area contributed by atoms with Crippen LogP contribution in [-0.2, 0) is 30.3 Å². The SMILES string of the molecule is CCO[C@@H]1O[C@H](CO)[C@@H](O)[C@H](OCc2ccccc2)[C@@H]1OC(C)=O. The van der Waals surface area contributed by atoms with E-state index in [0.717, 1.165) is 5.56 Å². The Morgan fingerprint density at radius 2 is 1.92 bits per heavy atom. The van der Waals surface area contributed by atoms with Gasteiger partial charge in [0.2, 0.25) is 0 Å². The van der Waals surface area contributed by atoms with Crippen LogP contribution in [0.2, 0.25) is 0 Å². The van der Waals surface area contributed by atoms with Crippen molar-refractivity contribution < 1.29 is 34.0 Å². The summed E-state index contributed by atoms with van der Waals surface area (Å²) >= 11 is 0. The summed E-state index contributed by atoms with van der Waals surface area (Å²) in [5.41, 5.74) is 0.909. The summed E-state index contributed by atoms with van der Waals surface area (Å²) in [6, 6.07) is 9.41. The summed E-state index contributed by atoms with van der Waals surface area (Å²) in [5, 5.41) is 19.8. The molecule has 0 unspecified atom stereocenters. The molecule has 1 fully saturated rings. The number of benzene rings is 1. The van der Waals surface area contributed by atoms with E-state index in [9.17, 15) is 15.0 Å². The van der Waals surface area contributed by atoms with Gasteiger partial charge in [0.05, 0.1) is 13.2 Å². The van der Waals surface area contributed by atoms with Gasteiger partial charge in [-0.05, 0) is 12.5 Å². The molecule has 1 heterocycles. The highest BCUT2D eigenvalue weighted by atomic mass is 16.7.